The van der Waals surface area contributed by atoms with Gasteiger partial charge in [-0.05, 0) is 20.8 Å². The van der Waals surface area contributed by atoms with Gasteiger partial charge >= 0.3 is 0 Å². The first-order chi connectivity index (χ1) is 9.32. The van der Waals surface area contributed by atoms with Gasteiger partial charge in [-0.25, -0.2) is 0 Å². The summed E-state index contributed by atoms with van der Waals surface area (Å²) in [6.45, 7) is 6.33. The van der Waals surface area contributed by atoms with Gasteiger partial charge in [0.05, 0.1) is 17.5 Å². The van der Waals surface area contributed by atoms with E-state index in [9.17, 15) is 4.79 Å². The van der Waals surface area contributed by atoms with E-state index in [-0.39, 0.29) is 5.91 Å². The lowest BCUT2D eigenvalue weighted by Crippen LogP contribution is -2.27. The fraction of sp³-hybridized carbons (Fsp3) is 0.500. The topological polar surface area (TPSA) is 56.0 Å². The van der Waals surface area contributed by atoms with Crippen molar-refractivity contribution in [3.8, 4) is 0 Å². The fourth-order valence-electron chi connectivity index (χ4n) is 2.30. The Morgan fingerprint density at radius 1 is 1.20 bits per heavy atom. The summed E-state index contributed by atoms with van der Waals surface area (Å²) in [4.78, 5) is 14.3. The van der Waals surface area contributed by atoms with E-state index in [0.29, 0.717) is 12.1 Å². The van der Waals surface area contributed by atoms with Crippen LogP contribution in [-0.4, -0.2) is 37.4 Å². The molecule has 0 atom stereocenters. The molecule has 2 rings (SSSR count). The van der Waals surface area contributed by atoms with Crippen molar-refractivity contribution in [3.63, 3.8) is 0 Å². The van der Waals surface area contributed by atoms with Crippen LogP contribution in [0.15, 0.2) is 6.20 Å². The van der Waals surface area contributed by atoms with Crippen LogP contribution in [0.25, 0.3) is 0 Å². The Morgan fingerprint density at radius 2 is 1.85 bits per heavy atom. The lowest BCUT2D eigenvalue weighted by molar-refractivity contribution is 0.0783. The molecule has 0 saturated heterocycles. The summed E-state index contributed by atoms with van der Waals surface area (Å²) in [6.07, 6.45) is 1.81. The third-order valence-corrected chi connectivity index (χ3v) is 3.81. The molecule has 0 fully saturated rings. The molecule has 0 aromatic carbocycles. The molecule has 2 aromatic heterocycles. The van der Waals surface area contributed by atoms with E-state index in [1.165, 1.54) is 0 Å². The highest BCUT2D eigenvalue weighted by Gasteiger charge is 2.21. The number of rotatable bonds is 3. The van der Waals surface area contributed by atoms with E-state index in [0.717, 1.165) is 22.6 Å². The highest BCUT2D eigenvalue weighted by Crippen LogP contribution is 2.16. The van der Waals surface area contributed by atoms with Gasteiger partial charge in [-0.15, -0.1) is 0 Å². The molecule has 0 aliphatic carbocycles. The monoisotopic (exact) mass is 275 g/mol. The molecule has 2 heterocycles. The van der Waals surface area contributed by atoms with Crippen LogP contribution in [0.2, 0.25) is 0 Å². The van der Waals surface area contributed by atoms with Gasteiger partial charge < -0.3 is 4.90 Å². The van der Waals surface area contributed by atoms with Crippen molar-refractivity contribution < 1.29 is 4.79 Å². The van der Waals surface area contributed by atoms with E-state index in [1.807, 2.05) is 45.7 Å². The first-order valence-corrected chi connectivity index (χ1v) is 6.56. The molecule has 1 amide bonds. The maximum atomic E-state index is 12.6. The molecule has 0 aliphatic rings. The third-order valence-electron chi connectivity index (χ3n) is 3.81. The number of hydrogen-bond acceptors (Lipinski definition) is 3. The predicted octanol–water partition coefficient (Wildman–Crippen LogP) is 1.35. The minimum Gasteiger partial charge on any atom is -0.337 e. The van der Waals surface area contributed by atoms with Crippen molar-refractivity contribution in [1.29, 1.82) is 0 Å². The second-order valence-electron chi connectivity index (χ2n) is 5.21. The van der Waals surface area contributed by atoms with Crippen molar-refractivity contribution in [2.75, 3.05) is 7.05 Å². The van der Waals surface area contributed by atoms with Crippen LogP contribution in [0.4, 0.5) is 0 Å². The summed E-state index contributed by atoms with van der Waals surface area (Å²) in [5.74, 6) is -0.00338. The Hall–Kier alpha value is -2.11. The largest absolute Gasteiger partial charge is 0.337 e. The first kappa shape index (κ1) is 14.3. The summed E-state index contributed by atoms with van der Waals surface area (Å²) < 4.78 is 3.56. The third kappa shape index (κ3) is 2.33. The van der Waals surface area contributed by atoms with Gasteiger partial charge in [-0.3, -0.25) is 14.2 Å². The summed E-state index contributed by atoms with van der Waals surface area (Å²) >= 11 is 0. The Kier molecular flexibility index (Phi) is 3.65. The molecule has 2 aromatic rings. The maximum Gasteiger partial charge on any atom is 0.257 e. The second kappa shape index (κ2) is 5.11. The number of nitrogens with zero attached hydrogens (tertiary/aromatic N) is 5. The van der Waals surface area contributed by atoms with Gasteiger partial charge in [0.15, 0.2) is 0 Å². The van der Waals surface area contributed by atoms with Crippen LogP contribution in [0.1, 0.15) is 33.0 Å². The number of hydrogen-bond donors (Lipinski definition) is 0. The van der Waals surface area contributed by atoms with Crippen molar-refractivity contribution in [1.82, 2.24) is 24.5 Å². The normalized spacial score (nSPS) is 10.9. The smallest absolute Gasteiger partial charge is 0.257 e. The summed E-state index contributed by atoms with van der Waals surface area (Å²) in [5.41, 5.74) is 4.48. The Labute approximate surface area is 119 Å². The minimum absolute atomic E-state index is 0.00338. The SMILES string of the molecule is Cc1nn(C)c(C)c1C(=O)N(C)Cc1cnn(C)c1C. The average Bonchev–Trinajstić information content (AvgIpc) is 2.82. The molecular formula is C14H21N5O. The van der Waals surface area contributed by atoms with Crippen LogP contribution >= 0.6 is 0 Å². The van der Waals surface area contributed by atoms with Gasteiger partial charge in [0.2, 0.25) is 0 Å². The molecule has 0 spiro atoms. The van der Waals surface area contributed by atoms with Crippen molar-refractivity contribution in [2.24, 2.45) is 14.1 Å². The second-order valence-corrected chi connectivity index (χ2v) is 5.21. The molecule has 0 unspecified atom stereocenters. The Morgan fingerprint density at radius 3 is 2.30 bits per heavy atom. The number of aromatic nitrogens is 4. The number of carbonyl (C=O) groups excluding carboxylic acids is 1. The van der Waals surface area contributed by atoms with Gasteiger partial charge in [-0.1, -0.05) is 0 Å². The molecule has 6 heteroatoms. The molecule has 0 radical (unpaired) electrons. The highest BCUT2D eigenvalue weighted by molar-refractivity contribution is 5.96. The van der Waals surface area contributed by atoms with E-state index < -0.39 is 0 Å². The Balaban J connectivity index is 2.23. The quantitative estimate of drug-likeness (QED) is 0.849. The molecule has 0 bridgehead atoms. The fourth-order valence-corrected chi connectivity index (χ4v) is 2.30. The van der Waals surface area contributed by atoms with E-state index >= 15 is 0 Å². The van der Waals surface area contributed by atoms with Crippen LogP contribution in [0.3, 0.4) is 0 Å². The first-order valence-electron chi connectivity index (χ1n) is 6.56. The standard InChI is InChI=1S/C14H21N5O/c1-9-13(11(3)19(6)16-9)14(20)17(4)8-12-7-15-18(5)10(12)2/h7H,8H2,1-6H3. The lowest BCUT2D eigenvalue weighted by atomic mass is 10.1. The van der Waals surface area contributed by atoms with Crippen LogP contribution < -0.4 is 0 Å². The van der Waals surface area contributed by atoms with Crippen molar-refractivity contribution in [3.05, 3.63) is 34.4 Å². The van der Waals surface area contributed by atoms with Gasteiger partial charge in [0, 0.05) is 44.6 Å². The van der Waals surface area contributed by atoms with E-state index in [1.54, 1.807) is 16.6 Å². The average molecular weight is 275 g/mol. The van der Waals surface area contributed by atoms with Gasteiger partial charge in [-0.2, -0.15) is 10.2 Å². The molecule has 0 N–H and O–H groups in total. The molecule has 0 saturated carbocycles. The predicted molar refractivity (Wildman–Crippen MR) is 76.4 cm³/mol. The van der Waals surface area contributed by atoms with Gasteiger partial charge in [0.1, 0.15) is 0 Å². The van der Waals surface area contributed by atoms with Gasteiger partial charge in [0.25, 0.3) is 5.91 Å². The zero-order valence-electron chi connectivity index (χ0n) is 12.9. The van der Waals surface area contributed by atoms with Crippen molar-refractivity contribution >= 4 is 5.91 Å². The number of aryl methyl sites for hydroxylation is 3. The maximum absolute atomic E-state index is 12.6. The van der Waals surface area contributed by atoms with Crippen molar-refractivity contribution in [2.45, 2.75) is 27.3 Å². The summed E-state index contributed by atoms with van der Waals surface area (Å²) in [7, 11) is 5.56. The summed E-state index contributed by atoms with van der Waals surface area (Å²) in [6, 6.07) is 0. The lowest BCUT2D eigenvalue weighted by Gasteiger charge is -2.17. The zero-order valence-corrected chi connectivity index (χ0v) is 12.9. The van der Waals surface area contributed by atoms with E-state index in [4.69, 9.17) is 0 Å². The molecule has 108 valence electrons. The number of amides is 1. The molecule has 0 aliphatic heterocycles. The summed E-state index contributed by atoms with van der Waals surface area (Å²) in [5, 5.41) is 8.50. The highest BCUT2D eigenvalue weighted by atomic mass is 16.2. The Bertz CT molecular complexity index is 653. The zero-order chi connectivity index (χ0) is 15.0. The van der Waals surface area contributed by atoms with E-state index in [2.05, 4.69) is 10.2 Å². The molecule has 20 heavy (non-hydrogen) atoms. The van der Waals surface area contributed by atoms with Crippen LogP contribution in [0, 0.1) is 20.8 Å². The molecular weight excluding hydrogens is 254 g/mol. The minimum atomic E-state index is -0.00338. The van der Waals surface area contributed by atoms with Crippen LogP contribution in [-0.2, 0) is 20.6 Å². The molecule has 6 nitrogen and oxygen atoms in total. The number of carbonyl (C=O) groups is 1. The van der Waals surface area contributed by atoms with Crippen LogP contribution in [0.5, 0.6) is 0 Å².